The summed E-state index contributed by atoms with van der Waals surface area (Å²) in [5, 5.41) is 18.2. The van der Waals surface area contributed by atoms with E-state index in [2.05, 4.69) is 20.4 Å². The Hall–Kier alpha value is -1.31. The maximum absolute atomic E-state index is 9.39. The Labute approximate surface area is 95.3 Å². The van der Waals surface area contributed by atoms with Crippen LogP contribution in [0.3, 0.4) is 0 Å². The quantitative estimate of drug-likeness (QED) is 0.796. The molecule has 3 heterocycles. The lowest BCUT2D eigenvalue weighted by Gasteiger charge is -2.01. The van der Waals surface area contributed by atoms with Crippen molar-refractivity contribution in [1.82, 2.24) is 20.4 Å². The molecule has 1 aliphatic heterocycles. The van der Waals surface area contributed by atoms with Crippen molar-refractivity contribution in [2.75, 3.05) is 6.54 Å². The lowest BCUT2D eigenvalue weighted by molar-refractivity contribution is 0.191. The van der Waals surface area contributed by atoms with Gasteiger partial charge in [0.25, 0.3) is 0 Å². The van der Waals surface area contributed by atoms with Gasteiger partial charge in [0, 0.05) is 11.9 Å². The molecule has 0 aromatic carbocycles. The standard InChI is InChI=1S/C9H10N4O2S/c14-5-1-6(10-2-5)9-12-8(13-15-9)7-3-16-4-11-7/h3-6,10,14H,1-2H2/t5-,6+/m1/s1. The van der Waals surface area contributed by atoms with Crippen LogP contribution in [0.15, 0.2) is 15.4 Å². The van der Waals surface area contributed by atoms with Crippen molar-refractivity contribution in [1.29, 1.82) is 0 Å². The fourth-order valence-electron chi connectivity index (χ4n) is 1.71. The molecule has 1 saturated heterocycles. The highest BCUT2D eigenvalue weighted by molar-refractivity contribution is 7.07. The van der Waals surface area contributed by atoms with E-state index < -0.39 is 0 Å². The summed E-state index contributed by atoms with van der Waals surface area (Å²) >= 11 is 1.49. The van der Waals surface area contributed by atoms with Crippen molar-refractivity contribution in [2.45, 2.75) is 18.6 Å². The molecule has 2 aromatic rings. The van der Waals surface area contributed by atoms with E-state index >= 15 is 0 Å². The largest absolute Gasteiger partial charge is 0.392 e. The summed E-state index contributed by atoms with van der Waals surface area (Å²) in [7, 11) is 0. The number of nitrogens with one attached hydrogen (secondary N) is 1. The second kappa shape index (κ2) is 3.93. The van der Waals surface area contributed by atoms with E-state index in [1.165, 1.54) is 11.3 Å². The van der Waals surface area contributed by atoms with Crippen LogP contribution in [0.1, 0.15) is 18.4 Å². The van der Waals surface area contributed by atoms with Crippen molar-refractivity contribution in [3.05, 3.63) is 16.8 Å². The van der Waals surface area contributed by atoms with E-state index in [0.717, 1.165) is 5.69 Å². The second-order valence-corrected chi connectivity index (χ2v) is 4.40. The average molecular weight is 238 g/mol. The number of aliphatic hydroxyl groups excluding tert-OH is 1. The Balaban J connectivity index is 1.83. The predicted octanol–water partition coefficient (Wildman–Crippen LogP) is 0.588. The minimum absolute atomic E-state index is 0.0464. The number of nitrogens with zero attached hydrogens (tertiary/aromatic N) is 3. The van der Waals surface area contributed by atoms with E-state index in [9.17, 15) is 5.11 Å². The van der Waals surface area contributed by atoms with Gasteiger partial charge in [-0.2, -0.15) is 4.98 Å². The molecule has 3 rings (SSSR count). The lowest BCUT2D eigenvalue weighted by atomic mass is 10.2. The van der Waals surface area contributed by atoms with Crippen molar-refractivity contribution in [3.63, 3.8) is 0 Å². The average Bonchev–Trinajstić information content (AvgIpc) is 2.97. The van der Waals surface area contributed by atoms with Crippen LogP contribution < -0.4 is 5.32 Å². The zero-order valence-electron chi connectivity index (χ0n) is 8.33. The third-order valence-electron chi connectivity index (χ3n) is 2.51. The van der Waals surface area contributed by atoms with Gasteiger partial charge >= 0.3 is 0 Å². The first-order valence-corrected chi connectivity index (χ1v) is 5.91. The molecule has 2 N–H and O–H groups in total. The second-order valence-electron chi connectivity index (χ2n) is 3.68. The molecule has 2 atom stereocenters. The van der Waals surface area contributed by atoms with Crippen LogP contribution in [-0.4, -0.2) is 32.9 Å². The number of aromatic nitrogens is 3. The van der Waals surface area contributed by atoms with E-state index in [4.69, 9.17) is 4.52 Å². The monoisotopic (exact) mass is 238 g/mol. The van der Waals surface area contributed by atoms with E-state index in [-0.39, 0.29) is 12.1 Å². The van der Waals surface area contributed by atoms with Crippen LogP contribution in [0.5, 0.6) is 0 Å². The molecule has 0 amide bonds. The molecule has 0 unspecified atom stereocenters. The van der Waals surface area contributed by atoms with E-state index in [0.29, 0.717) is 24.7 Å². The first kappa shape index (κ1) is 9.88. The van der Waals surface area contributed by atoms with Crippen molar-refractivity contribution < 1.29 is 9.63 Å². The van der Waals surface area contributed by atoms with Crippen molar-refractivity contribution in [3.8, 4) is 11.5 Å². The number of thiazole rings is 1. The Morgan fingerprint density at radius 1 is 1.56 bits per heavy atom. The van der Waals surface area contributed by atoms with Gasteiger partial charge in [-0.25, -0.2) is 4.98 Å². The van der Waals surface area contributed by atoms with Crippen LogP contribution in [0.4, 0.5) is 0 Å². The van der Waals surface area contributed by atoms with Crippen LogP contribution in [-0.2, 0) is 0 Å². The van der Waals surface area contributed by atoms with Gasteiger partial charge in [-0.3, -0.25) is 0 Å². The van der Waals surface area contributed by atoms with Gasteiger partial charge in [0.15, 0.2) is 0 Å². The summed E-state index contributed by atoms with van der Waals surface area (Å²) < 4.78 is 5.15. The molecule has 6 nitrogen and oxygen atoms in total. The first-order valence-electron chi connectivity index (χ1n) is 4.96. The third-order valence-corrected chi connectivity index (χ3v) is 3.10. The van der Waals surface area contributed by atoms with Gasteiger partial charge in [-0.15, -0.1) is 11.3 Å². The molecule has 2 aromatic heterocycles. The van der Waals surface area contributed by atoms with Crippen LogP contribution in [0.2, 0.25) is 0 Å². The number of hydrogen-bond acceptors (Lipinski definition) is 7. The summed E-state index contributed by atoms with van der Waals surface area (Å²) in [6.07, 6.45) is 0.276. The van der Waals surface area contributed by atoms with Gasteiger partial charge in [0.2, 0.25) is 11.7 Å². The molecular formula is C9H10N4O2S. The number of hydrogen-bond donors (Lipinski definition) is 2. The summed E-state index contributed by atoms with van der Waals surface area (Å²) in [4.78, 5) is 8.37. The Morgan fingerprint density at radius 3 is 3.19 bits per heavy atom. The van der Waals surface area contributed by atoms with Crippen molar-refractivity contribution in [2.24, 2.45) is 0 Å². The van der Waals surface area contributed by atoms with Crippen LogP contribution in [0, 0.1) is 0 Å². The van der Waals surface area contributed by atoms with Crippen molar-refractivity contribution >= 4 is 11.3 Å². The molecule has 0 saturated carbocycles. The SMILES string of the molecule is O[C@H]1CN[C@H](c2nc(-c3cscn3)no2)C1. The lowest BCUT2D eigenvalue weighted by Crippen LogP contribution is -2.15. The Kier molecular flexibility index (Phi) is 2.43. The van der Waals surface area contributed by atoms with Gasteiger partial charge in [0.1, 0.15) is 5.69 Å². The highest BCUT2D eigenvalue weighted by Crippen LogP contribution is 2.24. The highest BCUT2D eigenvalue weighted by Gasteiger charge is 2.28. The Morgan fingerprint density at radius 2 is 2.50 bits per heavy atom. The molecular weight excluding hydrogens is 228 g/mol. The zero-order valence-corrected chi connectivity index (χ0v) is 9.15. The smallest absolute Gasteiger partial charge is 0.244 e. The summed E-state index contributed by atoms with van der Waals surface area (Å²) in [5.74, 6) is 1.01. The molecule has 0 bridgehead atoms. The van der Waals surface area contributed by atoms with Crippen LogP contribution >= 0.6 is 11.3 Å². The maximum Gasteiger partial charge on any atom is 0.244 e. The molecule has 0 radical (unpaired) electrons. The number of rotatable bonds is 2. The highest BCUT2D eigenvalue weighted by atomic mass is 32.1. The summed E-state index contributed by atoms with van der Waals surface area (Å²) in [6, 6.07) is -0.0464. The van der Waals surface area contributed by atoms with Crippen LogP contribution in [0.25, 0.3) is 11.5 Å². The normalized spacial score (nSPS) is 25.1. The van der Waals surface area contributed by atoms with Gasteiger partial charge < -0.3 is 14.9 Å². The summed E-state index contributed by atoms with van der Waals surface area (Å²) in [5.41, 5.74) is 2.45. The molecule has 1 fully saturated rings. The van der Waals surface area contributed by atoms with Gasteiger partial charge in [-0.05, 0) is 6.42 Å². The van der Waals surface area contributed by atoms with Gasteiger partial charge in [0.05, 0.1) is 17.7 Å². The fraction of sp³-hybridized carbons (Fsp3) is 0.444. The molecule has 0 aliphatic carbocycles. The Bertz CT molecular complexity index is 470. The molecule has 0 spiro atoms. The minimum atomic E-state index is -0.334. The third kappa shape index (κ3) is 1.73. The topological polar surface area (TPSA) is 84.1 Å². The maximum atomic E-state index is 9.39. The molecule has 16 heavy (non-hydrogen) atoms. The first-order chi connectivity index (χ1) is 7.83. The number of β-amino-alcohol motifs (C(OH)–C–C–N with tert-alkyl or cyclic N) is 1. The zero-order chi connectivity index (χ0) is 11.0. The minimum Gasteiger partial charge on any atom is -0.392 e. The fourth-order valence-corrected chi connectivity index (χ4v) is 2.24. The number of aliphatic hydroxyl groups is 1. The molecule has 1 aliphatic rings. The molecule has 7 heteroatoms. The van der Waals surface area contributed by atoms with Gasteiger partial charge in [-0.1, -0.05) is 5.16 Å². The predicted molar refractivity (Wildman–Crippen MR) is 56.8 cm³/mol. The molecule has 84 valence electrons. The van der Waals surface area contributed by atoms with E-state index in [1.807, 2.05) is 5.38 Å². The summed E-state index contributed by atoms with van der Waals surface area (Å²) in [6.45, 7) is 0.569. The van der Waals surface area contributed by atoms with E-state index in [1.54, 1.807) is 5.51 Å².